The molecule has 0 radical (unpaired) electrons. The number of rotatable bonds is 5. The van der Waals surface area contributed by atoms with Crippen LogP contribution < -0.4 is 0 Å². The Balaban J connectivity index is 1.66. The monoisotopic (exact) mass is 371 g/mol. The molecule has 0 aliphatic rings. The SMILES string of the molecule is Cc1nc(Cc2nnc(SCc3ccccc3C(F)(F)F)o2)cs1. The highest BCUT2D eigenvalue weighted by Crippen LogP contribution is 2.34. The number of thioether (sulfide) groups is 1. The highest BCUT2D eigenvalue weighted by molar-refractivity contribution is 7.98. The van der Waals surface area contributed by atoms with E-state index in [9.17, 15) is 13.2 Å². The standard InChI is InChI=1S/C15H12F3N3OS2/c1-9-19-11(8-23-9)6-13-20-21-14(22-13)24-7-10-4-2-3-5-12(10)15(16,17)18/h2-5,8H,6-7H2,1H3. The van der Waals surface area contributed by atoms with Crippen molar-refractivity contribution < 1.29 is 17.6 Å². The van der Waals surface area contributed by atoms with Gasteiger partial charge in [-0.25, -0.2) is 4.98 Å². The predicted molar refractivity (Wildman–Crippen MR) is 85.0 cm³/mol. The molecule has 2 aromatic heterocycles. The van der Waals surface area contributed by atoms with Crippen LogP contribution in [0.2, 0.25) is 0 Å². The van der Waals surface area contributed by atoms with Gasteiger partial charge in [0.15, 0.2) is 0 Å². The second-order valence-electron chi connectivity index (χ2n) is 4.94. The van der Waals surface area contributed by atoms with Crippen LogP contribution >= 0.6 is 23.1 Å². The van der Waals surface area contributed by atoms with Gasteiger partial charge in [-0.05, 0) is 18.6 Å². The molecule has 0 aliphatic carbocycles. The van der Waals surface area contributed by atoms with Crippen LogP contribution in [0.15, 0.2) is 39.3 Å². The third-order valence-corrected chi connectivity index (χ3v) is 4.81. The van der Waals surface area contributed by atoms with E-state index >= 15 is 0 Å². The summed E-state index contributed by atoms with van der Waals surface area (Å²) in [5.41, 5.74) is 0.375. The number of aryl methyl sites for hydroxylation is 1. The number of halogens is 3. The van der Waals surface area contributed by atoms with Crippen molar-refractivity contribution in [3.05, 3.63) is 57.4 Å². The lowest BCUT2D eigenvalue weighted by atomic mass is 10.1. The lowest BCUT2D eigenvalue weighted by molar-refractivity contribution is -0.138. The van der Waals surface area contributed by atoms with Crippen molar-refractivity contribution in [2.75, 3.05) is 0 Å². The van der Waals surface area contributed by atoms with E-state index in [1.54, 1.807) is 6.07 Å². The molecule has 0 saturated heterocycles. The first-order valence-electron chi connectivity index (χ1n) is 6.93. The normalized spacial score (nSPS) is 11.8. The molecule has 0 aliphatic heterocycles. The zero-order chi connectivity index (χ0) is 17.2. The second-order valence-corrected chi connectivity index (χ2v) is 6.93. The minimum absolute atomic E-state index is 0.104. The zero-order valence-corrected chi connectivity index (χ0v) is 14.1. The molecule has 3 aromatic rings. The Labute approximate surface area is 144 Å². The fourth-order valence-electron chi connectivity index (χ4n) is 2.07. The summed E-state index contributed by atoms with van der Waals surface area (Å²) in [6.45, 7) is 1.90. The Morgan fingerprint density at radius 3 is 2.71 bits per heavy atom. The number of benzene rings is 1. The average molecular weight is 371 g/mol. The Morgan fingerprint density at radius 2 is 2.00 bits per heavy atom. The van der Waals surface area contributed by atoms with Crippen molar-refractivity contribution in [3.63, 3.8) is 0 Å². The van der Waals surface area contributed by atoms with E-state index in [1.807, 2.05) is 12.3 Å². The molecule has 0 fully saturated rings. The molecule has 4 nitrogen and oxygen atoms in total. The van der Waals surface area contributed by atoms with Gasteiger partial charge in [0.25, 0.3) is 5.22 Å². The van der Waals surface area contributed by atoms with E-state index in [0.717, 1.165) is 28.5 Å². The van der Waals surface area contributed by atoms with Gasteiger partial charge < -0.3 is 4.42 Å². The minimum atomic E-state index is -4.38. The Kier molecular flexibility index (Phi) is 4.91. The summed E-state index contributed by atoms with van der Waals surface area (Å²) in [5.74, 6) is 0.500. The summed E-state index contributed by atoms with van der Waals surface area (Å²) in [5, 5.41) is 10.9. The molecule has 3 rings (SSSR count). The van der Waals surface area contributed by atoms with Gasteiger partial charge >= 0.3 is 6.18 Å². The quantitative estimate of drug-likeness (QED) is 0.607. The Hall–Kier alpha value is -1.87. The first kappa shape index (κ1) is 17.0. The fraction of sp³-hybridized carbons (Fsp3) is 0.267. The van der Waals surface area contributed by atoms with Gasteiger partial charge in [-0.2, -0.15) is 13.2 Å². The molecule has 2 heterocycles. The molecule has 0 saturated carbocycles. The topological polar surface area (TPSA) is 51.8 Å². The van der Waals surface area contributed by atoms with Crippen LogP contribution in [0.5, 0.6) is 0 Å². The third-order valence-electron chi connectivity index (χ3n) is 3.12. The number of aromatic nitrogens is 3. The smallest absolute Gasteiger partial charge is 0.416 e. The summed E-state index contributed by atoms with van der Waals surface area (Å²) >= 11 is 2.61. The Bertz CT molecular complexity index is 829. The molecule has 0 amide bonds. The lowest BCUT2D eigenvalue weighted by Gasteiger charge is -2.11. The maximum Gasteiger partial charge on any atom is 0.416 e. The number of nitrogens with zero attached hydrogens (tertiary/aromatic N) is 3. The van der Waals surface area contributed by atoms with E-state index in [0.29, 0.717) is 12.3 Å². The van der Waals surface area contributed by atoms with Crippen LogP contribution in [0, 0.1) is 6.92 Å². The first-order valence-corrected chi connectivity index (χ1v) is 8.79. The van der Waals surface area contributed by atoms with Gasteiger partial charge in [0, 0.05) is 11.1 Å². The molecular formula is C15H12F3N3OS2. The van der Waals surface area contributed by atoms with Crippen LogP contribution in [0.25, 0.3) is 0 Å². The van der Waals surface area contributed by atoms with Crippen molar-refractivity contribution in [3.8, 4) is 0 Å². The highest BCUT2D eigenvalue weighted by atomic mass is 32.2. The van der Waals surface area contributed by atoms with Crippen molar-refractivity contribution in [1.29, 1.82) is 0 Å². The van der Waals surface area contributed by atoms with Crippen molar-refractivity contribution in [2.45, 2.75) is 30.5 Å². The maximum atomic E-state index is 13.0. The molecule has 9 heteroatoms. The van der Waals surface area contributed by atoms with Gasteiger partial charge in [-0.3, -0.25) is 0 Å². The summed E-state index contributed by atoms with van der Waals surface area (Å²) < 4.78 is 44.3. The molecule has 0 atom stereocenters. The maximum absolute atomic E-state index is 13.0. The molecule has 0 spiro atoms. The Morgan fingerprint density at radius 1 is 1.21 bits per heavy atom. The highest BCUT2D eigenvalue weighted by Gasteiger charge is 2.32. The van der Waals surface area contributed by atoms with Crippen LogP contribution in [0.3, 0.4) is 0 Å². The molecule has 126 valence electrons. The lowest BCUT2D eigenvalue weighted by Crippen LogP contribution is -2.08. The molecule has 1 aromatic carbocycles. The van der Waals surface area contributed by atoms with E-state index < -0.39 is 11.7 Å². The van der Waals surface area contributed by atoms with E-state index in [1.165, 1.54) is 23.5 Å². The average Bonchev–Trinajstić information content (AvgIpc) is 3.14. The summed E-state index contributed by atoms with van der Waals surface area (Å²) in [6.07, 6.45) is -3.96. The van der Waals surface area contributed by atoms with Gasteiger partial charge in [-0.1, -0.05) is 30.0 Å². The molecule has 0 bridgehead atoms. The van der Waals surface area contributed by atoms with Gasteiger partial charge in [0.2, 0.25) is 5.89 Å². The number of hydrogen-bond acceptors (Lipinski definition) is 6. The summed E-state index contributed by atoms with van der Waals surface area (Å²) in [6, 6.07) is 5.47. The van der Waals surface area contributed by atoms with Crippen LogP contribution in [0.1, 0.15) is 27.7 Å². The predicted octanol–water partition coefficient (Wildman–Crippen LogP) is 4.74. The van der Waals surface area contributed by atoms with Gasteiger partial charge in [0.05, 0.1) is 22.7 Å². The van der Waals surface area contributed by atoms with E-state index in [4.69, 9.17) is 4.42 Å². The van der Waals surface area contributed by atoms with Crippen molar-refractivity contribution >= 4 is 23.1 Å². The number of hydrogen-bond donors (Lipinski definition) is 0. The fourth-order valence-corrected chi connectivity index (χ4v) is 3.47. The van der Waals surface area contributed by atoms with Gasteiger partial charge in [0.1, 0.15) is 0 Å². The van der Waals surface area contributed by atoms with E-state index in [-0.39, 0.29) is 16.5 Å². The first-order chi connectivity index (χ1) is 11.4. The molecule has 0 N–H and O–H groups in total. The van der Waals surface area contributed by atoms with Crippen molar-refractivity contribution in [2.24, 2.45) is 0 Å². The van der Waals surface area contributed by atoms with Crippen LogP contribution in [0.4, 0.5) is 13.2 Å². The largest absolute Gasteiger partial charge is 0.416 e. The zero-order valence-electron chi connectivity index (χ0n) is 12.5. The van der Waals surface area contributed by atoms with Crippen molar-refractivity contribution in [1.82, 2.24) is 15.2 Å². The van der Waals surface area contributed by atoms with E-state index in [2.05, 4.69) is 15.2 Å². The number of alkyl halides is 3. The number of thiazole rings is 1. The second kappa shape index (κ2) is 6.94. The van der Waals surface area contributed by atoms with Crippen LogP contribution in [-0.2, 0) is 18.3 Å². The molecule has 24 heavy (non-hydrogen) atoms. The summed E-state index contributed by atoms with van der Waals surface area (Å²) in [7, 11) is 0. The molecular weight excluding hydrogens is 359 g/mol. The minimum Gasteiger partial charge on any atom is -0.416 e. The molecule has 0 unspecified atom stereocenters. The summed E-state index contributed by atoms with van der Waals surface area (Å²) in [4.78, 5) is 4.31. The van der Waals surface area contributed by atoms with Crippen LogP contribution in [-0.4, -0.2) is 15.2 Å². The third kappa shape index (κ3) is 4.15. The van der Waals surface area contributed by atoms with Gasteiger partial charge in [-0.15, -0.1) is 21.5 Å².